The van der Waals surface area contributed by atoms with Gasteiger partial charge in [-0.15, -0.1) is 0 Å². The monoisotopic (exact) mass is 275 g/mol. The molecule has 108 valence electrons. The summed E-state index contributed by atoms with van der Waals surface area (Å²) in [6, 6.07) is 9.47. The molecular weight excluding hydrogens is 254 g/mol. The maximum absolute atomic E-state index is 10.0. The first-order chi connectivity index (χ1) is 9.65. The van der Waals surface area contributed by atoms with E-state index < -0.39 is 6.10 Å². The van der Waals surface area contributed by atoms with Crippen LogP contribution >= 0.6 is 0 Å². The minimum atomic E-state index is -0.592. The Labute approximate surface area is 119 Å². The van der Waals surface area contributed by atoms with Gasteiger partial charge in [0.1, 0.15) is 24.5 Å². The molecule has 0 aliphatic carbocycles. The molecule has 0 saturated heterocycles. The van der Waals surface area contributed by atoms with Gasteiger partial charge in [-0.05, 0) is 18.1 Å². The first kappa shape index (κ1) is 14.5. The molecule has 0 saturated carbocycles. The molecule has 0 aliphatic rings. The van der Waals surface area contributed by atoms with Crippen molar-refractivity contribution in [2.45, 2.75) is 32.9 Å². The Morgan fingerprint density at radius 1 is 1.25 bits per heavy atom. The number of aliphatic hydroxyl groups excluding tert-OH is 1. The smallest absolute Gasteiger partial charge is 0.138 e. The van der Waals surface area contributed by atoms with Crippen LogP contribution in [0.3, 0.4) is 0 Å². The summed E-state index contributed by atoms with van der Waals surface area (Å²) in [6.45, 7) is 5.31. The molecule has 1 atom stereocenters. The predicted octanol–water partition coefficient (Wildman–Crippen LogP) is 1.92. The second kappa shape index (κ2) is 7.05. The van der Waals surface area contributed by atoms with Gasteiger partial charge >= 0.3 is 0 Å². The van der Waals surface area contributed by atoms with Crippen molar-refractivity contribution in [1.82, 2.24) is 14.8 Å². The summed E-state index contributed by atoms with van der Waals surface area (Å²) in [4.78, 5) is 4.20. The number of ether oxygens (including phenoxy) is 1. The molecule has 1 unspecified atom stereocenters. The second-order valence-corrected chi connectivity index (χ2v) is 5.23. The SMILES string of the molecule is CC(C)Cn1ncnc1CC(O)COc1ccccc1. The molecular formula is C15H21N3O2. The van der Waals surface area contributed by atoms with E-state index in [9.17, 15) is 5.11 Å². The minimum Gasteiger partial charge on any atom is -0.491 e. The van der Waals surface area contributed by atoms with Crippen LogP contribution in [0.5, 0.6) is 5.75 Å². The van der Waals surface area contributed by atoms with Gasteiger partial charge < -0.3 is 9.84 Å². The van der Waals surface area contributed by atoms with E-state index >= 15 is 0 Å². The molecule has 0 spiro atoms. The quantitative estimate of drug-likeness (QED) is 0.838. The van der Waals surface area contributed by atoms with Crippen molar-refractivity contribution in [3.63, 3.8) is 0 Å². The third-order valence-electron chi connectivity index (χ3n) is 2.84. The van der Waals surface area contributed by atoms with Crippen LogP contribution in [0, 0.1) is 5.92 Å². The highest BCUT2D eigenvalue weighted by Gasteiger charge is 2.12. The topological polar surface area (TPSA) is 60.2 Å². The fourth-order valence-electron chi connectivity index (χ4n) is 1.92. The third-order valence-corrected chi connectivity index (χ3v) is 2.84. The van der Waals surface area contributed by atoms with Gasteiger partial charge in [0, 0.05) is 13.0 Å². The average molecular weight is 275 g/mol. The van der Waals surface area contributed by atoms with Gasteiger partial charge in [0.15, 0.2) is 0 Å². The van der Waals surface area contributed by atoms with Crippen LogP contribution in [0.1, 0.15) is 19.7 Å². The molecule has 1 aromatic heterocycles. The summed E-state index contributed by atoms with van der Waals surface area (Å²) >= 11 is 0. The fraction of sp³-hybridized carbons (Fsp3) is 0.467. The van der Waals surface area contributed by atoms with Crippen molar-refractivity contribution >= 4 is 0 Å². The minimum absolute atomic E-state index is 0.249. The summed E-state index contributed by atoms with van der Waals surface area (Å²) in [5, 5.41) is 14.2. The Kier molecular flexibility index (Phi) is 5.12. The number of para-hydroxylation sites is 1. The molecule has 0 bridgehead atoms. The molecule has 20 heavy (non-hydrogen) atoms. The number of hydrogen-bond acceptors (Lipinski definition) is 4. The van der Waals surface area contributed by atoms with Gasteiger partial charge in [-0.2, -0.15) is 5.10 Å². The molecule has 2 aromatic rings. The summed E-state index contributed by atoms with van der Waals surface area (Å²) in [5.74, 6) is 2.05. The van der Waals surface area contributed by atoms with Crippen molar-refractivity contribution in [3.8, 4) is 5.75 Å². The molecule has 0 aliphatic heterocycles. The van der Waals surface area contributed by atoms with Crippen molar-refractivity contribution < 1.29 is 9.84 Å². The summed E-state index contributed by atoms with van der Waals surface area (Å²) in [5.41, 5.74) is 0. The number of hydrogen-bond donors (Lipinski definition) is 1. The lowest BCUT2D eigenvalue weighted by atomic mass is 10.2. The van der Waals surface area contributed by atoms with Crippen molar-refractivity contribution in [3.05, 3.63) is 42.5 Å². The zero-order valence-electron chi connectivity index (χ0n) is 11.9. The van der Waals surface area contributed by atoms with Gasteiger partial charge in [-0.1, -0.05) is 32.0 Å². The average Bonchev–Trinajstić information content (AvgIpc) is 2.84. The Bertz CT molecular complexity index is 511. The third kappa shape index (κ3) is 4.35. The molecule has 2 rings (SSSR count). The maximum Gasteiger partial charge on any atom is 0.138 e. The lowest BCUT2D eigenvalue weighted by Crippen LogP contribution is -2.23. The number of aliphatic hydroxyl groups is 1. The standard InChI is InChI=1S/C15H21N3O2/c1-12(2)9-18-15(16-11-17-18)8-13(19)10-20-14-6-4-3-5-7-14/h3-7,11-13,19H,8-10H2,1-2H3. The lowest BCUT2D eigenvalue weighted by molar-refractivity contribution is 0.105. The summed E-state index contributed by atoms with van der Waals surface area (Å²) in [6.07, 6.45) is 1.38. The highest BCUT2D eigenvalue weighted by molar-refractivity contribution is 5.20. The van der Waals surface area contributed by atoms with Gasteiger partial charge in [0.2, 0.25) is 0 Å². The van der Waals surface area contributed by atoms with Gasteiger partial charge in [0.25, 0.3) is 0 Å². The normalized spacial score (nSPS) is 12.6. The predicted molar refractivity (Wildman–Crippen MR) is 76.5 cm³/mol. The Morgan fingerprint density at radius 3 is 2.70 bits per heavy atom. The van der Waals surface area contributed by atoms with E-state index in [1.54, 1.807) is 0 Å². The van der Waals surface area contributed by atoms with Crippen LogP contribution in [-0.4, -0.2) is 32.6 Å². The van der Waals surface area contributed by atoms with Crippen LogP contribution in [0.4, 0.5) is 0 Å². The molecule has 5 nitrogen and oxygen atoms in total. The van der Waals surface area contributed by atoms with E-state index in [1.165, 1.54) is 6.33 Å². The molecule has 1 aromatic carbocycles. The highest BCUT2D eigenvalue weighted by atomic mass is 16.5. The van der Waals surface area contributed by atoms with Crippen molar-refractivity contribution in [2.24, 2.45) is 5.92 Å². The van der Waals surface area contributed by atoms with E-state index in [-0.39, 0.29) is 6.61 Å². The largest absolute Gasteiger partial charge is 0.491 e. The molecule has 5 heteroatoms. The molecule has 1 N–H and O–H groups in total. The van der Waals surface area contributed by atoms with E-state index in [2.05, 4.69) is 23.9 Å². The van der Waals surface area contributed by atoms with Crippen LogP contribution in [0.25, 0.3) is 0 Å². The first-order valence-corrected chi connectivity index (χ1v) is 6.87. The van der Waals surface area contributed by atoms with Crippen LogP contribution < -0.4 is 4.74 Å². The molecule has 1 heterocycles. The summed E-state index contributed by atoms with van der Waals surface area (Å²) in [7, 11) is 0. The molecule has 0 radical (unpaired) electrons. The van der Waals surface area contributed by atoms with E-state index in [1.807, 2.05) is 35.0 Å². The van der Waals surface area contributed by atoms with E-state index in [4.69, 9.17) is 4.74 Å². The molecule has 0 fully saturated rings. The Morgan fingerprint density at radius 2 is 2.00 bits per heavy atom. The van der Waals surface area contributed by atoms with Crippen molar-refractivity contribution in [2.75, 3.05) is 6.61 Å². The number of aromatic nitrogens is 3. The van der Waals surface area contributed by atoms with Crippen molar-refractivity contribution in [1.29, 1.82) is 0 Å². The van der Waals surface area contributed by atoms with Crippen LogP contribution in [0.15, 0.2) is 36.7 Å². The number of nitrogens with zero attached hydrogens (tertiary/aromatic N) is 3. The zero-order valence-corrected chi connectivity index (χ0v) is 11.9. The van der Waals surface area contributed by atoms with Gasteiger partial charge in [-0.3, -0.25) is 0 Å². The molecule has 0 amide bonds. The second-order valence-electron chi connectivity index (χ2n) is 5.23. The highest BCUT2D eigenvalue weighted by Crippen LogP contribution is 2.10. The van der Waals surface area contributed by atoms with Gasteiger partial charge in [-0.25, -0.2) is 9.67 Å². The summed E-state index contributed by atoms with van der Waals surface area (Å²) < 4.78 is 7.37. The van der Waals surface area contributed by atoms with Gasteiger partial charge in [0.05, 0.1) is 6.10 Å². The van der Waals surface area contributed by atoms with Crippen LogP contribution in [0.2, 0.25) is 0 Å². The van der Waals surface area contributed by atoms with E-state index in [0.717, 1.165) is 18.1 Å². The zero-order chi connectivity index (χ0) is 14.4. The Balaban J connectivity index is 1.85. The van der Waals surface area contributed by atoms with Crippen LogP contribution in [-0.2, 0) is 13.0 Å². The maximum atomic E-state index is 10.0. The lowest BCUT2D eigenvalue weighted by Gasteiger charge is -2.13. The first-order valence-electron chi connectivity index (χ1n) is 6.87. The number of benzene rings is 1. The fourth-order valence-corrected chi connectivity index (χ4v) is 1.92. The Hall–Kier alpha value is -1.88. The van der Waals surface area contributed by atoms with E-state index in [0.29, 0.717) is 12.3 Å². The number of rotatable bonds is 7.